The van der Waals surface area contributed by atoms with Crippen molar-refractivity contribution in [3.05, 3.63) is 106 Å². The summed E-state index contributed by atoms with van der Waals surface area (Å²) in [5.74, 6) is 0.368. The molecule has 5 aromatic rings. The fraction of sp³-hybridized carbons (Fsp3) is 0.479. The average molecular weight is 907 g/mol. The zero-order valence-electron chi connectivity index (χ0n) is 37.2. The first-order chi connectivity index (χ1) is 31.2. The fourth-order valence-electron chi connectivity index (χ4n) is 10.4. The Morgan fingerprint density at radius 2 is 1.80 bits per heavy atom. The standard InChI is InChI=1S/C48H58N8O8S/c1-31(2)37-6-4-5-7-38(37)40-28-63-21-13-41(40)55-29-48(30-55)16-19-54(20-17-48)34-8-9-39(43(23-34)64-35-22-33-12-18-49-44(33)51-26-35)46(57)53-65(61,62)36-24-42(56(59)60)45(52-27-36)50-25-32-10-14-47(3,58)15-11-32/h4-9,12,18,22-24,26-27,31-32,40-41,58H,10-11,13-17,19-21,25,28-30H2,1-3H3,(H,49,51)(H,50,52)(H,53,57)/t32-,40-,41?,47-/m1/s1. The van der Waals surface area contributed by atoms with Crippen LogP contribution in [-0.4, -0.2) is 102 Å². The van der Waals surface area contributed by atoms with Gasteiger partial charge in [0.25, 0.3) is 15.9 Å². The van der Waals surface area contributed by atoms with Gasteiger partial charge in [0.15, 0.2) is 0 Å². The van der Waals surface area contributed by atoms with Gasteiger partial charge in [0.2, 0.25) is 5.82 Å². The maximum atomic E-state index is 14.0. The van der Waals surface area contributed by atoms with Crippen molar-refractivity contribution < 1.29 is 32.7 Å². The summed E-state index contributed by atoms with van der Waals surface area (Å²) in [4.78, 5) is 41.4. The number of sulfonamides is 1. The quantitative estimate of drug-likeness (QED) is 0.0661. The molecule has 3 aliphatic heterocycles. The number of carbonyl (C=O) groups excluding carboxylic acids is 1. The van der Waals surface area contributed by atoms with Crippen LogP contribution < -0.4 is 19.7 Å². The molecule has 1 aliphatic carbocycles. The number of anilines is 2. The number of aliphatic hydroxyl groups is 1. The van der Waals surface area contributed by atoms with Gasteiger partial charge in [-0.2, -0.15) is 0 Å². The fourth-order valence-corrected chi connectivity index (χ4v) is 11.3. The van der Waals surface area contributed by atoms with Gasteiger partial charge in [-0.1, -0.05) is 38.1 Å². The van der Waals surface area contributed by atoms with Crippen molar-refractivity contribution in [3.63, 3.8) is 0 Å². The maximum Gasteiger partial charge on any atom is 0.312 e. The van der Waals surface area contributed by atoms with E-state index in [0.717, 1.165) is 94.8 Å². The third kappa shape index (κ3) is 9.55. The smallest absolute Gasteiger partial charge is 0.312 e. The Bertz CT molecular complexity index is 2660. The number of fused-ring (bicyclic) bond motifs is 1. The van der Waals surface area contributed by atoms with Gasteiger partial charge in [0, 0.05) is 80.7 Å². The van der Waals surface area contributed by atoms with Gasteiger partial charge in [0.1, 0.15) is 22.0 Å². The van der Waals surface area contributed by atoms with E-state index in [1.165, 1.54) is 17.3 Å². The van der Waals surface area contributed by atoms with Crippen molar-refractivity contribution in [1.82, 2.24) is 24.6 Å². The molecule has 4 aliphatic rings. The van der Waals surface area contributed by atoms with Gasteiger partial charge < -0.3 is 29.8 Å². The van der Waals surface area contributed by atoms with Crippen molar-refractivity contribution >= 4 is 44.2 Å². The van der Waals surface area contributed by atoms with Crippen molar-refractivity contribution in [2.45, 2.75) is 94.1 Å². The lowest BCUT2D eigenvalue weighted by atomic mass is 9.69. The Kier molecular flexibility index (Phi) is 12.3. The summed E-state index contributed by atoms with van der Waals surface area (Å²) in [6.45, 7) is 11.9. The summed E-state index contributed by atoms with van der Waals surface area (Å²) in [6.07, 6.45) is 10.0. The minimum atomic E-state index is -4.63. The number of likely N-dealkylation sites (tertiary alicyclic amines) is 1. The number of rotatable bonds is 13. The molecule has 0 radical (unpaired) electrons. The molecule has 0 bridgehead atoms. The number of hydrogen-bond acceptors (Lipinski definition) is 13. The van der Waals surface area contributed by atoms with E-state index in [1.807, 2.05) is 6.07 Å². The Morgan fingerprint density at radius 1 is 1.03 bits per heavy atom. The SMILES string of the molecule is CC(C)c1ccccc1[C@H]1COCCC1N1CC2(CCN(c3ccc(C(=O)NS(=O)(=O)c4cnc(NC[C@H]5CC[C@](C)(O)CC5)c([N+](=O)[O-])c4)c(Oc4cnc5[nH]ccc5c4)c3)CC2)C1. The molecule has 16 nitrogen and oxygen atoms in total. The third-order valence-corrected chi connectivity index (χ3v) is 15.5. The number of ether oxygens (including phenoxy) is 2. The molecule has 344 valence electrons. The van der Waals surface area contributed by atoms with Crippen molar-refractivity contribution in [2.75, 3.05) is 56.2 Å². The average Bonchev–Trinajstić information content (AvgIpc) is 3.76. The summed E-state index contributed by atoms with van der Waals surface area (Å²) >= 11 is 0. The Balaban J connectivity index is 0.898. The molecule has 1 spiro atoms. The summed E-state index contributed by atoms with van der Waals surface area (Å²) in [7, 11) is -4.63. The van der Waals surface area contributed by atoms with Gasteiger partial charge in [-0.15, -0.1) is 0 Å². The Hall–Kier alpha value is -5.62. The largest absolute Gasteiger partial charge is 0.455 e. The number of aromatic nitrogens is 3. The van der Waals surface area contributed by atoms with Crippen LogP contribution >= 0.6 is 0 Å². The van der Waals surface area contributed by atoms with Crippen LogP contribution in [0.15, 0.2) is 84.1 Å². The first-order valence-electron chi connectivity index (χ1n) is 22.7. The van der Waals surface area contributed by atoms with Crippen molar-refractivity contribution in [1.29, 1.82) is 0 Å². The van der Waals surface area contributed by atoms with Crippen LogP contribution in [0.1, 0.15) is 99.0 Å². The summed E-state index contributed by atoms with van der Waals surface area (Å²) < 4.78 is 41.9. The normalized spacial score (nSPS) is 23.6. The topological polar surface area (TPSA) is 205 Å². The van der Waals surface area contributed by atoms with Gasteiger partial charge in [0.05, 0.1) is 35.1 Å². The van der Waals surface area contributed by atoms with Crippen molar-refractivity contribution in [2.24, 2.45) is 11.3 Å². The van der Waals surface area contributed by atoms with Crippen LogP contribution in [-0.2, 0) is 14.8 Å². The van der Waals surface area contributed by atoms with Gasteiger partial charge in [-0.25, -0.2) is 23.1 Å². The monoisotopic (exact) mass is 906 g/mol. The second-order valence-corrected chi connectivity index (χ2v) is 20.8. The zero-order chi connectivity index (χ0) is 45.5. The number of nitro groups is 1. The van der Waals surface area contributed by atoms with E-state index in [2.05, 4.69) is 72.9 Å². The van der Waals surface area contributed by atoms with Crippen LogP contribution in [0, 0.1) is 21.4 Å². The number of nitrogens with zero attached hydrogens (tertiary/aromatic N) is 5. The molecular formula is C48H58N8O8S. The number of H-pyrrole nitrogens is 1. The third-order valence-electron chi connectivity index (χ3n) is 14.2. The maximum absolute atomic E-state index is 14.0. The lowest BCUT2D eigenvalue weighted by Crippen LogP contribution is -2.64. The highest BCUT2D eigenvalue weighted by atomic mass is 32.2. The number of hydrogen-bond donors (Lipinski definition) is 4. The number of pyridine rings is 2. The first-order valence-corrected chi connectivity index (χ1v) is 24.2. The van der Waals surface area contributed by atoms with Crippen LogP contribution in [0.5, 0.6) is 11.5 Å². The lowest BCUT2D eigenvalue weighted by Gasteiger charge is -2.58. The van der Waals surface area contributed by atoms with E-state index >= 15 is 0 Å². The molecular weight excluding hydrogens is 849 g/mol. The molecule has 3 aromatic heterocycles. The number of aromatic amines is 1. The summed E-state index contributed by atoms with van der Waals surface area (Å²) in [6, 6.07) is 18.9. The first kappa shape index (κ1) is 44.6. The highest BCUT2D eigenvalue weighted by Crippen LogP contribution is 2.46. The molecule has 1 saturated carbocycles. The Morgan fingerprint density at radius 3 is 2.55 bits per heavy atom. The second kappa shape index (κ2) is 18.0. The molecule has 4 fully saturated rings. The number of piperidine rings is 1. The van der Waals surface area contributed by atoms with Gasteiger partial charge in [-0.3, -0.25) is 19.8 Å². The molecule has 6 heterocycles. The molecule has 2 aromatic carbocycles. The number of carbonyl (C=O) groups is 1. The van der Waals surface area contributed by atoms with E-state index in [4.69, 9.17) is 9.47 Å². The van der Waals surface area contributed by atoms with Crippen LogP contribution in [0.25, 0.3) is 11.0 Å². The highest BCUT2D eigenvalue weighted by Gasteiger charge is 2.49. The number of amides is 1. The van der Waals surface area contributed by atoms with Crippen LogP contribution in [0.4, 0.5) is 17.2 Å². The van der Waals surface area contributed by atoms with E-state index in [0.29, 0.717) is 48.7 Å². The molecule has 1 amide bonds. The second-order valence-electron chi connectivity index (χ2n) is 19.1. The number of nitrogens with one attached hydrogen (secondary N) is 3. The van der Waals surface area contributed by atoms with E-state index in [1.54, 1.807) is 37.4 Å². The number of benzene rings is 2. The Labute approximate surface area is 379 Å². The molecule has 4 N–H and O–H groups in total. The van der Waals surface area contributed by atoms with Gasteiger partial charge in [-0.05, 0) is 105 Å². The molecule has 2 atom stereocenters. The predicted molar refractivity (Wildman–Crippen MR) is 247 cm³/mol. The zero-order valence-corrected chi connectivity index (χ0v) is 38.0. The predicted octanol–water partition coefficient (Wildman–Crippen LogP) is 7.73. The van der Waals surface area contributed by atoms with E-state index in [9.17, 15) is 28.4 Å². The molecule has 17 heteroatoms. The van der Waals surface area contributed by atoms with Gasteiger partial charge >= 0.3 is 5.69 Å². The lowest BCUT2D eigenvalue weighted by molar-refractivity contribution is -0.384. The molecule has 3 saturated heterocycles. The molecule has 9 rings (SSSR count). The van der Waals surface area contributed by atoms with Crippen LogP contribution in [0.2, 0.25) is 0 Å². The minimum Gasteiger partial charge on any atom is -0.455 e. The van der Waals surface area contributed by atoms with E-state index < -0.39 is 37.0 Å². The molecule has 65 heavy (non-hydrogen) atoms. The van der Waals surface area contributed by atoms with E-state index in [-0.39, 0.29) is 28.5 Å². The summed E-state index contributed by atoms with van der Waals surface area (Å²) in [5.41, 5.74) is 3.21. The van der Waals surface area contributed by atoms with Crippen molar-refractivity contribution in [3.8, 4) is 11.5 Å². The summed E-state index contributed by atoms with van der Waals surface area (Å²) in [5, 5.41) is 26.2. The highest BCUT2D eigenvalue weighted by molar-refractivity contribution is 7.90. The molecule has 1 unspecified atom stereocenters. The van der Waals surface area contributed by atoms with Crippen LogP contribution in [0.3, 0.4) is 0 Å². The minimum absolute atomic E-state index is 0.0492.